The molecule has 2 aromatic rings. The van der Waals surface area contributed by atoms with Crippen molar-refractivity contribution >= 4 is 34.2 Å². The lowest BCUT2D eigenvalue weighted by Crippen LogP contribution is -2.28. The van der Waals surface area contributed by atoms with Crippen molar-refractivity contribution in [1.82, 2.24) is 15.5 Å². The molecule has 1 aromatic carbocycles. The van der Waals surface area contributed by atoms with Crippen molar-refractivity contribution in [1.29, 1.82) is 0 Å². The van der Waals surface area contributed by atoms with Crippen LogP contribution in [0.4, 0.5) is 0 Å². The Bertz CT molecular complexity index is 581. The Balaban J connectivity index is 1.89. The maximum atomic E-state index is 6.02. The third-order valence-corrected chi connectivity index (χ3v) is 4.44. The lowest BCUT2D eigenvalue weighted by molar-refractivity contribution is 0.393. The summed E-state index contributed by atoms with van der Waals surface area (Å²) in [5.74, 6) is 1.69. The SMILES string of the molecule is Clc1ccc(I)c(-c2nc(C3CCCNC3)no2)c1. The van der Waals surface area contributed by atoms with Crippen LogP contribution in [0.5, 0.6) is 0 Å². The van der Waals surface area contributed by atoms with Crippen LogP contribution in [0.1, 0.15) is 24.6 Å². The van der Waals surface area contributed by atoms with Crippen LogP contribution in [0.25, 0.3) is 11.5 Å². The molecule has 3 rings (SSSR count). The van der Waals surface area contributed by atoms with Gasteiger partial charge < -0.3 is 9.84 Å². The van der Waals surface area contributed by atoms with Crippen molar-refractivity contribution in [2.45, 2.75) is 18.8 Å². The van der Waals surface area contributed by atoms with Crippen LogP contribution < -0.4 is 5.32 Å². The van der Waals surface area contributed by atoms with Gasteiger partial charge in [-0.3, -0.25) is 0 Å². The fraction of sp³-hybridized carbons (Fsp3) is 0.385. The predicted octanol–water partition coefficient (Wildman–Crippen LogP) is 3.46. The van der Waals surface area contributed by atoms with Gasteiger partial charge in [-0.05, 0) is 60.2 Å². The maximum Gasteiger partial charge on any atom is 0.259 e. The van der Waals surface area contributed by atoms with Gasteiger partial charge in [0.2, 0.25) is 0 Å². The molecule has 19 heavy (non-hydrogen) atoms. The van der Waals surface area contributed by atoms with E-state index in [0.717, 1.165) is 40.9 Å². The molecule has 1 saturated heterocycles. The number of hydrogen-bond donors (Lipinski definition) is 1. The van der Waals surface area contributed by atoms with E-state index in [1.165, 1.54) is 0 Å². The van der Waals surface area contributed by atoms with Crippen LogP contribution in [-0.4, -0.2) is 23.2 Å². The number of piperidine rings is 1. The Morgan fingerprint density at radius 3 is 3.11 bits per heavy atom. The Kier molecular flexibility index (Phi) is 4.04. The van der Waals surface area contributed by atoms with Gasteiger partial charge in [0.05, 0.1) is 5.56 Å². The molecule has 2 heterocycles. The van der Waals surface area contributed by atoms with E-state index in [0.29, 0.717) is 16.8 Å². The molecule has 0 amide bonds. The van der Waals surface area contributed by atoms with Gasteiger partial charge in [-0.15, -0.1) is 0 Å². The van der Waals surface area contributed by atoms with Gasteiger partial charge in [-0.1, -0.05) is 16.8 Å². The summed E-state index contributed by atoms with van der Waals surface area (Å²) in [4.78, 5) is 4.52. The monoisotopic (exact) mass is 389 g/mol. The molecule has 4 nitrogen and oxygen atoms in total. The molecule has 0 spiro atoms. The molecule has 1 N–H and O–H groups in total. The second-order valence-electron chi connectivity index (χ2n) is 4.63. The number of nitrogens with one attached hydrogen (secondary N) is 1. The Morgan fingerprint density at radius 2 is 2.32 bits per heavy atom. The second-order valence-corrected chi connectivity index (χ2v) is 6.22. The highest BCUT2D eigenvalue weighted by Crippen LogP contribution is 2.29. The lowest BCUT2D eigenvalue weighted by Gasteiger charge is -2.19. The van der Waals surface area contributed by atoms with Gasteiger partial charge >= 0.3 is 0 Å². The molecule has 0 aliphatic carbocycles. The van der Waals surface area contributed by atoms with Crippen LogP contribution in [0.15, 0.2) is 22.7 Å². The zero-order valence-corrected chi connectivity index (χ0v) is 13.1. The average molecular weight is 390 g/mol. The van der Waals surface area contributed by atoms with Crippen LogP contribution in [0.2, 0.25) is 5.02 Å². The minimum atomic E-state index is 0.350. The smallest absolute Gasteiger partial charge is 0.259 e. The number of halogens is 2. The first-order valence-electron chi connectivity index (χ1n) is 6.24. The standard InChI is InChI=1S/C13H13ClIN3O/c14-9-3-4-11(15)10(6-9)13-17-12(18-19-13)8-2-1-5-16-7-8/h3-4,6,8,16H,1-2,5,7H2. The van der Waals surface area contributed by atoms with Gasteiger partial charge in [0.1, 0.15) is 0 Å². The highest BCUT2D eigenvalue weighted by atomic mass is 127. The number of hydrogen-bond acceptors (Lipinski definition) is 4. The molecule has 1 atom stereocenters. The summed E-state index contributed by atoms with van der Waals surface area (Å²) in [5.41, 5.74) is 0.899. The van der Waals surface area contributed by atoms with E-state index < -0.39 is 0 Å². The molecule has 1 aromatic heterocycles. The largest absolute Gasteiger partial charge is 0.334 e. The molecule has 0 saturated carbocycles. The fourth-order valence-corrected chi connectivity index (χ4v) is 2.98. The summed E-state index contributed by atoms with van der Waals surface area (Å²) in [7, 11) is 0. The number of aromatic nitrogens is 2. The molecule has 100 valence electrons. The van der Waals surface area contributed by atoms with Crippen molar-refractivity contribution in [2.24, 2.45) is 0 Å². The average Bonchev–Trinajstić information content (AvgIpc) is 2.92. The van der Waals surface area contributed by atoms with E-state index in [1.807, 2.05) is 18.2 Å². The molecular weight excluding hydrogens is 377 g/mol. The van der Waals surface area contributed by atoms with E-state index in [9.17, 15) is 0 Å². The van der Waals surface area contributed by atoms with Crippen molar-refractivity contribution in [3.8, 4) is 11.5 Å². The summed E-state index contributed by atoms with van der Waals surface area (Å²) in [6.07, 6.45) is 2.27. The van der Waals surface area contributed by atoms with E-state index in [1.54, 1.807) is 0 Å². The minimum Gasteiger partial charge on any atom is -0.334 e. The van der Waals surface area contributed by atoms with Gasteiger partial charge in [0, 0.05) is 21.1 Å². The molecule has 0 radical (unpaired) electrons. The minimum absolute atomic E-state index is 0.350. The van der Waals surface area contributed by atoms with Crippen LogP contribution in [-0.2, 0) is 0 Å². The Labute approximate surface area is 130 Å². The first-order chi connectivity index (χ1) is 9.24. The molecule has 0 bridgehead atoms. The molecule has 1 unspecified atom stereocenters. The van der Waals surface area contributed by atoms with Gasteiger partial charge in [-0.25, -0.2) is 0 Å². The van der Waals surface area contributed by atoms with Crippen molar-refractivity contribution in [2.75, 3.05) is 13.1 Å². The molecule has 6 heteroatoms. The molecule has 1 aliphatic rings. The van der Waals surface area contributed by atoms with E-state index >= 15 is 0 Å². The Morgan fingerprint density at radius 1 is 1.42 bits per heavy atom. The molecular formula is C13H13ClIN3O. The van der Waals surface area contributed by atoms with Crippen LogP contribution in [0, 0.1) is 3.57 Å². The van der Waals surface area contributed by atoms with E-state index in [4.69, 9.17) is 16.1 Å². The topological polar surface area (TPSA) is 51.0 Å². The van der Waals surface area contributed by atoms with Gasteiger partial charge in [-0.2, -0.15) is 4.98 Å². The fourth-order valence-electron chi connectivity index (χ4n) is 2.24. The number of nitrogens with zero attached hydrogens (tertiary/aromatic N) is 2. The number of rotatable bonds is 2. The second kappa shape index (κ2) is 5.76. The third kappa shape index (κ3) is 2.93. The summed E-state index contributed by atoms with van der Waals surface area (Å²) < 4.78 is 6.44. The lowest BCUT2D eigenvalue weighted by atomic mass is 9.99. The van der Waals surface area contributed by atoms with Crippen molar-refractivity contribution in [3.05, 3.63) is 32.6 Å². The molecule has 1 aliphatic heterocycles. The van der Waals surface area contributed by atoms with Gasteiger partial charge in [0.15, 0.2) is 5.82 Å². The van der Waals surface area contributed by atoms with Crippen molar-refractivity contribution < 1.29 is 4.52 Å². The van der Waals surface area contributed by atoms with Crippen LogP contribution in [0.3, 0.4) is 0 Å². The summed E-state index contributed by atoms with van der Waals surface area (Å²) in [5, 5.41) is 8.15. The summed E-state index contributed by atoms with van der Waals surface area (Å²) in [6.45, 7) is 2.00. The zero-order valence-electron chi connectivity index (χ0n) is 10.2. The van der Waals surface area contributed by atoms with Crippen LogP contribution >= 0.6 is 34.2 Å². The van der Waals surface area contributed by atoms with E-state index in [-0.39, 0.29) is 0 Å². The first-order valence-corrected chi connectivity index (χ1v) is 7.69. The number of benzene rings is 1. The zero-order chi connectivity index (χ0) is 13.2. The van der Waals surface area contributed by atoms with Crippen molar-refractivity contribution in [3.63, 3.8) is 0 Å². The highest BCUT2D eigenvalue weighted by Gasteiger charge is 2.21. The van der Waals surface area contributed by atoms with E-state index in [2.05, 4.69) is 38.0 Å². The summed E-state index contributed by atoms with van der Waals surface area (Å²) >= 11 is 8.26. The Hall–Kier alpha value is -0.660. The normalized spacial score (nSPS) is 19.6. The third-order valence-electron chi connectivity index (χ3n) is 3.26. The molecule has 1 fully saturated rings. The predicted molar refractivity (Wildman–Crippen MR) is 82.3 cm³/mol. The highest BCUT2D eigenvalue weighted by molar-refractivity contribution is 14.1. The first kappa shape index (κ1) is 13.3. The maximum absolute atomic E-state index is 6.02. The summed E-state index contributed by atoms with van der Waals surface area (Å²) in [6, 6.07) is 5.67. The quantitative estimate of drug-likeness (QED) is 0.799. The van der Waals surface area contributed by atoms with Gasteiger partial charge in [0.25, 0.3) is 5.89 Å².